The van der Waals surface area contributed by atoms with Crippen molar-refractivity contribution >= 4 is 16.5 Å². The van der Waals surface area contributed by atoms with Crippen LogP contribution in [0.2, 0.25) is 0 Å². The largest absolute Gasteiger partial charge is 0.494 e. The van der Waals surface area contributed by atoms with E-state index in [4.69, 9.17) is 4.74 Å². The minimum atomic E-state index is -0.335. The second-order valence-corrected chi connectivity index (χ2v) is 4.42. The normalized spacial score (nSPS) is 15.8. The third-order valence-electron chi connectivity index (χ3n) is 3.36. The van der Waals surface area contributed by atoms with Crippen molar-refractivity contribution in [2.24, 2.45) is 0 Å². The average molecular weight is 246 g/mol. The number of halogens is 1. The number of aromatic nitrogens is 1. The van der Waals surface area contributed by atoms with E-state index in [0.717, 1.165) is 36.0 Å². The Hall–Kier alpha value is -1.81. The van der Waals surface area contributed by atoms with Gasteiger partial charge in [-0.25, -0.2) is 4.39 Å². The predicted molar refractivity (Wildman–Crippen MR) is 70.3 cm³/mol. The molecule has 2 heterocycles. The van der Waals surface area contributed by atoms with Crippen LogP contribution in [0.5, 0.6) is 5.75 Å². The van der Waals surface area contributed by atoms with Gasteiger partial charge in [-0.05, 0) is 24.6 Å². The minimum absolute atomic E-state index is 0.290. The van der Waals surface area contributed by atoms with Crippen LogP contribution in [-0.2, 0) is 0 Å². The molecule has 0 bridgehead atoms. The van der Waals surface area contributed by atoms with E-state index in [9.17, 15) is 4.39 Å². The minimum Gasteiger partial charge on any atom is -0.494 e. The van der Waals surface area contributed by atoms with Crippen molar-refractivity contribution in [2.75, 3.05) is 20.2 Å². The SMILES string of the molecule is COc1cc2c(C3=CCNCC3)c[nH]c2cc1F. The van der Waals surface area contributed by atoms with E-state index >= 15 is 0 Å². The number of fused-ring (bicyclic) bond motifs is 1. The van der Waals surface area contributed by atoms with E-state index in [1.165, 1.54) is 18.7 Å². The number of rotatable bonds is 2. The van der Waals surface area contributed by atoms with Crippen LogP contribution in [0.15, 0.2) is 24.4 Å². The van der Waals surface area contributed by atoms with Gasteiger partial charge in [0.2, 0.25) is 0 Å². The lowest BCUT2D eigenvalue weighted by molar-refractivity contribution is 0.387. The fraction of sp³-hybridized carbons (Fsp3) is 0.286. The van der Waals surface area contributed by atoms with Gasteiger partial charge in [-0.1, -0.05) is 6.08 Å². The highest BCUT2D eigenvalue weighted by Gasteiger charge is 2.13. The molecular weight excluding hydrogens is 231 g/mol. The van der Waals surface area contributed by atoms with Gasteiger partial charge in [-0.15, -0.1) is 0 Å². The van der Waals surface area contributed by atoms with Crippen molar-refractivity contribution in [1.29, 1.82) is 0 Å². The Morgan fingerprint density at radius 3 is 2.94 bits per heavy atom. The topological polar surface area (TPSA) is 37.0 Å². The highest BCUT2D eigenvalue weighted by molar-refractivity contribution is 5.93. The summed E-state index contributed by atoms with van der Waals surface area (Å²) in [6.45, 7) is 1.87. The van der Waals surface area contributed by atoms with Crippen LogP contribution in [0.25, 0.3) is 16.5 Å². The molecule has 0 amide bonds. The first-order chi connectivity index (χ1) is 8.79. The molecule has 1 aromatic heterocycles. The number of benzene rings is 1. The smallest absolute Gasteiger partial charge is 0.167 e. The molecule has 0 spiro atoms. The molecule has 2 aromatic rings. The van der Waals surface area contributed by atoms with E-state index in [2.05, 4.69) is 16.4 Å². The molecule has 18 heavy (non-hydrogen) atoms. The second kappa shape index (κ2) is 4.46. The lowest BCUT2D eigenvalue weighted by Crippen LogP contribution is -2.19. The van der Waals surface area contributed by atoms with Crippen molar-refractivity contribution in [1.82, 2.24) is 10.3 Å². The molecule has 1 aromatic carbocycles. The van der Waals surface area contributed by atoms with Crippen LogP contribution in [0.3, 0.4) is 0 Å². The molecule has 2 N–H and O–H groups in total. The van der Waals surface area contributed by atoms with Crippen molar-refractivity contribution < 1.29 is 9.13 Å². The van der Waals surface area contributed by atoms with E-state index in [0.29, 0.717) is 0 Å². The first-order valence-corrected chi connectivity index (χ1v) is 6.04. The van der Waals surface area contributed by atoms with Crippen LogP contribution in [0.4, 0.5) is 4.39 Å². The summed E-state index contributed by atoms with van der Waals surface area (Å²) >= 11 is 0. The van der Waals surface area contributed by atoms with Gasteiger partial charge in [0.1, 0.15) is 0 Å². The Morgan fingerprint density at radius 2 is 2.22 bits per heavy atom. The molecule has 0 saturated heterocycles. The molecule has 0 aliphatic carbocycles. The summed E-state index contributed by atoms with van der Waals surface area (Å²) in [7, 11) is 1.49. The molecule has 3 rings (SSSR count). The second-order valence-electron chi connectivity index (χ2n) is 4.42. The number of hydrogen-bond donors (Lipinski definition) is 2. The zero-order chi connectivity index (χ0) is 12.5. The molecule has 3 nitrogen and oxygen atoms in total. The van der Waals surface area contributed by atoms with E-state index in [-0.39, 0.29) is 11.6 Å². The van der Waals surface area contributed by atoms with Crippen LogP contribution in [0.1, 0.15) is 12.0 Å². The molecule has 0 fully saturated rings. The highest BCUT2D eigenvalue weighted by atomic mass is 19.1. The van der Waals surface area contributed by atoms with Gasteiger partial charge in [-0.2, -0.15) is 0 Å². The molecule has 4 heteroatoms. The van der Waals surface area contributed by atoms with Crippen LogP contribution < -0.4 is 10.1 Å². The summed E-state index contributed by atoms with van der Waals surface area (Å²) in [5.74, 6) is -0.0458. The van der Waals surface area contributed by atoms with Crippen LogP contribution in [-0.4, -0.2) is 25.2 Å². The van der Waals surface area contributed by atoms with Crippen molar-refractivity contribution in [2.45, 2.75) is 6.42 Å². The summed E-state index contributed by atoms with van der Waals surface area (Å²) in [6.07, 6.45) is 5.12. The maximum absolute atomic E-state index is 13.6. The molecule has 1 aliphatic heterocycles. The van der Waals surface area contributed by atoms with Gasteiger partial charge in [0, 0.05) is 35.3 Å². The van der Waals surface area contributed by atoms with E-state index < -0.39 is 0 Å². The third-order valence-corrected chi connectivity index (χ3v) is 3.36. The molecule has 0 atom stereocenters. The van der Waals surface area contributed by atoms with Gasteiger partial charge >= 0.3 is 0 Å². The first-order valence-electron chi connectivity index (χ1n) is 6.04. The van der Waals surface area contributed by atoms with Gasteiger partial charge in [0.15, 0.2) is 11.6 Å². The van der Waals surface area contributed by atoms with Crippen LogP contribution >= 0.6 is 0 Å². The monoisotopic (exact) mass is 246 g/mol. The first kappa shape index (κ1) is 11.3. The Bertz CT molecular complexity index is 616. The van der Waals surface area contributed by atoms with Gasteiger partial charge in [-0.3, -0.25) is 0 Å². The summed E-state index contributed by atoms with van der Waals surface area (Å²) < 4.78 is 18.6. The average Bonchev–Trinajstić information content (AvgIpc) is 2.81. The lowest BCUT2D eigenvalue weighted by Gasteiger charge is -2.13. The number of methoxy groups -OCH3 is 1. The van der Waals surface area contributed by atoms with Gasteiger partial charge < -0.3 is 15.0 Å². The highest BCUT2D eigenvalue weighted by Crippen LogP contribution is 2.31. The summed E-state index contributed by atoms with van der Waals surface area (Å²) in [5.41, 5.74) is 3.25. The quantitative estimate of drug-likeness (QED) is 0.854. The van der Waals surface area contributed by atoms with Crippen LogP contribution in [0, 0.1) is 5.82 Å². The molecule has 1 aliphatic rings. The summed E-state index contributed by atoms with van der Waals surface area (Å²) in [6, 6.07) is 3.25. The van der Waals surface area contributed by atoms with E-state index in [1.807, 2.05) is 6.20 Å². The van der Waals surface area contributed by atoms with E-state index in [1.54, 1.807) is 6.07 Å². The third kappa shape index (κ3) is 1.78. The Morgan fingerprint density at radius 1 is 1.33 bits per heavy atom. The fourth-order valence-electron chi connectivity index (χ4n) is 2.41. The standard InChI is InChI=1S/C14H15FN2O/c1-18-14-6-10-11(9-2-4-16-5-3-9)8-17-13(10)7-12(14)15/h2,6-8,16-17H,3-5H2,1H3. The zero-order valence-corrected chi connectivity index (χ0v) is 10.2. The number of aromatic amines is 1. The maximum Gasteiger partial charge on any atom is 0.167 e. The summed E-state index contributed by atoms with van der Waals surface area (Å²) in [4.78, 5) is 3.12. The Labute approximate surface area is 105 Å². The van der Waals surface area contributed by atoms with Crippen molar-refractivity contribution in [3.8, 4) is 5.75 Å². The molecule has 0 saturated carbocycles. The Kier molecular flexibility index (Phi) is 2.80. The Balaban J connectivity index is 2.15. The molecule has 0 unspecified atom stereocenters. The van der Waals surface area contributed by atoms with Crippen molar-refractivity contribution in [3.05, 3.63) is 35.8 Å². The number of ether oxygens (including phenoxy) is 1. The van der Waals surface area contributed by atoms with Gasteiger partial charge in [0.25, 0.3) is 0 Å². The molecular formula is C14H15FN2O. The van der Waals surface area contributed by atoms with Gasteiger partial charge in [0.05, 0.1) is 7.11 Å². The molecule has 0 radical (unpaired) electrons. The number of hydrogen-bond acceptors (Lipinski definition) is 2. The zero-order valence-electron chi connectivity index (χ0n) is 10.2. The molecule has 94 valence electrons. The summed E-state index contributed by atoms with van der Waals surface area (Å²) in [5, 5.41) is 4.30. The number of H-pyrrole nitrogens is 1. The lowest BCUT2D eigenvalue weighted by atomic mass is 9.99. The predicted octanol–water partition coefficient (Wildman–Crippen LogP) is 2.69. The number of nitrogens with one attached hydrogen (secondary N) is 2. The van der Waals surface area contributed by atoms with Crippen molar-refractivity contribution in [3.63, 3.8) is 0 Å². The maximum atomic E-state index is 13.6. The fourth-order valence-corrected chi connectivity index (χ4v) is 2.41.